The van der Waals surface area contributed by atoms with E-state index in [0.717, 1.165) is 25.7 Å². The van der Waals surface area contributed by atoms with Gasteiger partial charge >= 0.3 is 20.8 Å². The van der Waals surface area contributed by atoms with Gasteiger partial charge in [0.1, 0.15) is 0 Å². The summed E-state index contributed by atoms with van der Waals surface area (Å²) in [5.41, 5.74) is 0. The Bertz CT molecular complexity index is 566. The van der Waals surface area contributed by atoms with Crippen molar-refractivity contribution in [3.63, 3.8) is 0 Å². The van der Waals surface area contributed by atoms with Gasteiger partial charge in [0.15, 0.2) is 0 Å². The zero-order valence-electron chi connectivity index (χ0n) is 23.6. The van der Waals surface area contributed by atoms with E-state index in [-0.39, 0.29) is 31.0 Å². The quantitative estimate of drug-likeness (QED) is 0.0673. The molecule has 0 bridgehead atoms. The monoisotopic (exact) mass is 584 g/mol. The molecule has 0 aliphatic carbocycles. The van der Waals surface area contributed by atoms with Crippen LogP contribution >= 0.6 is 0 Å². The summed E-state index contributed by atoms with van der Waals surface area (Å²) in [6, 6.07) is 0. The lowest BCUT2D eigenvalue weighted by atomic mass is 10.1. The average molecular weight is 585 g/mol. The molecule has 0 aromatic carbocycles. The first-order chi connectivity index (χ1) is 16.1. The van der Waals surface area contributed by atoms with Crippen LogP contribution in [-0.4, -0.2) is 44.6 Å². The van der Waals surface area contributed by atoms with Crippen LogP contribution in [0, 0.1) is 0 Å². The van der Waals surface area contributed by atoms with Gasteiger partial charge in [-0.25, -0.2) is 8.37 Å². The highest BCUT2D eigenvalue weighted by molar-refractivity contribution is 7.81. The number of unbranched alkanes of at least 4 members (excludes halogenated alkanes) is 18. The van der Waals surface area contributed by atoms with Crippen LogP contribution in [0.15, 0.2) is 0 Å². The SMILES string of the molecule is CCCCCCCCCCCCOS(=O)(=O)O.CCCCCCCCCCCCOS(=O)(=O)O.N.N.O. The Labute approximate surface area is 228 Å². The van der Waals surface area contributed by atoms with Crippen molar-refractivity contribution in [1.29, 1.82) is 0 Å². The Balaban J connectivity index is -0.000000171. The van der Waals surface area contributed by atoms with Crippen molar-refractivity contribution in [2.45, 2.75) is 142 Å². The van der Waals surface area contributed by atoms with Crippen molar-refractivity contribution in [1.82, 2.24) is 12.3 Å². The average Bonchev–Trinajstić information content (AvgIpc) is 2.75. The van der Waals surface area contributed by atoms with Crippen molar-refractivity contribution >= 4 is 20.8 Å². The lowest BCUT2D eigenvalue weighted by Crippen LogP contribution is -2.04. The zero-order chi connectivity index (χ0) is 26.0. The molecule has 0 saturated carbocycles. The molecule has 0 aliphatic rings. The highest BCUT2D eigenvalue weighted by Crippen LogP contribution is 2.11. The van der Waals surface area contributed by atoms with E-state index in [2.05, 4.69) is 22.2 Å². The van der Waals surface area contributed by atoms with Crippen LogP contribution in [0.3, 0.4) is 0 Å². The third-order valence-corrected chi connectivity index (χ3v) is 6.39. The van der Waals surface area contributed by atoms with Crippen LogP contribution < -0.4 is 12.3 Å². The highest BCUT2D eigenvalue weighted by Gasteiger charge is 2.03. The molecule has 232 valence electrons. The van der Waals surface area contributed by atoms with Gasteiger partial charge in [-0.05, 0) is 12.8 Å². The normalized spacial score (nSPS) is 10.9. The fourth-order valence-corrected chi connectivity index (χ4v) is 4.16. The van der Waals surface area contributed by atoms with E-state index in [1.54, 1.807) is 0 Å². The molecule has 0 spiro atoms. The first kappa shape index (κ1) is 46.5. The van der Waals surface area contributed by atoms with Crippen LogP contribution in [-0.2, 0) is 29.2 Å². The van der Waals surface area contributed by atoms with Gasteiger partial charge in [0.05, 0.1) is 13.2 Å². The molecular weight excluding hydrogens is 524 g/mol. The minimum absolute atomic E-state index is 0. The molecule has 37 heavy (non-hydrogen) atoms. The standard InChI is InChI=1S/2C12H26O4S.2H3N.H2O/c2*1-2-3-4-5-6-7-8-9-10-11-12-16-17(13,14)15;;;/h2*2-12H2,1H3,(H,13,14,15);2*1H3;1H2. The number of hydrogen-bond donors (Lipinski definition) is 4. The van der Waals surface area contributed by atoms with E-state index < -0.39 is 20.8 Å². The summed E-state index contributed by atoms with van der Waals surface area (Å²) >= 11 is 0. The van der Waals surface area contributed by atoms with Gasteiger partial charge in [0.2, 0.25) is 0 Å². The first-order valence-electron chi connectivity index (χ1n) is 13.4. The molecule has 0 heterocycles. The van der Waals surface area contributed by atoms with Gasteiger partial charge in [-0.3, -0.25) is 9.11 Å². The Morgan fingerprint density at radius 1 is 0.432 bits per heavy atom. The Hall–Kier alpha value is -0.380. The molecule has 0 aliphatic heterocycles. The van der Waals surface area contributed by atoms with Gasteiger partial charge in [-0.2, -0.15) is 16.8 Å². The van der Waals surface area contributed by atoms with Crippen molar-refractivity contribution in [3.05, 3.63) is 0 Å². The molecule has 0 aromatic heterocycles. The highest BCUT2D eigenvalue weighted by atomic mass is 32.3. The van der Waals surface area contributed by atoms with Crippen molar-refractivity contribution in [2.24, 2.45) is 0 Å². The maximum atomic E-state index is 10.2. The van der Waals surface area contributed by atoms with Crippen molar-refractivity contribution in [2.75, 3.05) is 13.2 Å². The van der Waals surface area contributed by atoms with E-state index in [0.29, 0.717) is 12.8 Å². The molecule has 13 heteroatoms. The Morgan fingerprint density at radius 3 is 0.811 bits per heavy atom. The summed E-state index contributed by atoms with van der Waals surface area (Å²) in [6.07, 6.45) is 23.7. The summed E-state index contributed by atoms with van der Waals surface area (Å²) in [6.45, 7) is 4.62. The molecule has 0 rings (SSSR count). The largest absolute Gasteiger partial charge is 0.412 e. The third-order valence-electron chi connectivity index (χ3n) is 5.46. The molecular formula is C24H60N2O9S2. The molecule has 0 amide bonds. The minimum Gasteiger partial charge on any atom is -0.412 e. The van der Waals surface area contributed by atoms with E-state index in [9.17, 15) is 16.8 Å². The summed E-state index contributed by atoms with van der Waals surface area (Å²) in [7, 11) is -8.47. The molecule has 0 aromatic rings. The maximum absolute atomic E-state index is 10.2. The van der Waals surface area contributed by atoms with Crippen LogP contribution in [0.2, 0.25) is 0 Å². The third kappa shape index (κ3) is 52.8. The fourth-order valence-electron chi connectivity index (χ4n) is 3.51. The van der Waals surface area contributed by atoms with E-state index in [1.165, 1.54) is 89.9 Å². The van der Waals surface area contributed by atoms with E-state index >= 15 is 0 Å². The second-order valence-electron chi connectivity index (χ2n) is 8.86. The second kappa shape index (κ2) is 33.6. The second-order valence-corrected chi connectivity index (χ2v) is 11.0. The molecule has 0 unspecified atom stereocenters. The van der Waals surface area contributed by atoms with Crippen molar-refractivity contribution < 1.29 is 39.8 Å². The van der Waals surface area contributed by atoms with E-state index in [1.807, 2.05) is 0 Å². The molecule has 0 radical (unpaired) electrons. The van der Waals surface area contributed by atoms with Gasteiger partial charge < -0.3 is 17.8 Å². The van der Waals surface area contributed by atoms with Gasteiger partial charge in [-0.15, -0.1) is 0 Å². The van der Waals surface area contributed by atoms with Gasteiger partial charge in [0, 0.05) is 0 Å². The summed E-state index contributed by atoms with van der Waals surface area (Å²) < 4.78 is 66.0. The molecule has 0 atom stereocenters. The summed E-state index contributed by atoms with van der Waals surface area (Å²) in [5, 5.41) is 0. The summed E-state index contributed by atoms with van der Waals surface area (Å²) in [4.78, 5) is 0. The Morgan fingerprint density at radius 2 is 0.622 bits per heavy atom. The maximum Gasteiger partial charge on any atom is 0.397 e. The van der Waals surface area contributed by atoms with Gasteiger partial charge in [0.25, 0.3) is 0 Å². The molecule has 0 saturated heterocycles. The zero-order valence-corrected chi connectivity index (χ0v) is 25.3. The topological polar surface area (TPSA) is 229 Å². The van der Waals surface area contributed by atoms with Crippen molar-refractivity contribution in [3.8, 4) is 0 Å². The minimum atomic E-state index is -4.23. The lowest BCUT2D eigenvalue weighted by Gasteiger charge is -2.02. The van der Waals surface area contributed by atoms with Crippen LogP contribution in [0.4, 0.5) is 0 Å². The Kier molecular flexibility index (Phi) is 42.3. The molecule has 0 fully saturated rings. The predicted octanol–water partition coefficient (Wildman–Crippen LogP) is 6.95. The van der Waals surface area contributed by atoms with Crippen LogP contribution in [0.5, 0.6) is 0 Å². The van der Waals surface area contributed by atoms with Crippen LogP contribution in [0.1, 0.15) is 142 Å². The van der Waals surface area contributed by atoms with Crippen LogP contribution in [0.25, 0.3) is 0 Å². The fraction of sp³-hybridized carbons (Fsp3) is 1.00. The smallest absolute Gasteiger partial charge is 0.397 e. The van der Waals surface area contributed by atoms with E-state index in [4.69, 9.17) is 9.11 Å². The molecule has 11 nitrogen and oxygen atoms in total. The predicted molar refractivity (Wildman–Crippen MR) is 152 cm³/mol. The lowest BCUT2D eigenvalue weighted by molar-refractivity contribution is 0.260. The van der Waals surface area contributed by atoms with Gasteiger partial charge in [-0.1, -0.05) is 129 Å². The number of rotatable bonds is 24. The number of hydrogen-bond acceptors (Lipinski definition) is 8. The first-order valence-corrected chi connectivity index (χ1v) is 16.1. The molecule has 10 N–H and O–H groups in total. The summed E-state index contributed by atoms with van der Waals surface area (Å²) in [5.74, 6) is 0.